The van der Waals surface area contributed by atoms with Crippen LogP contribution in [0.1, 0.15) is 47.6 Å². The fourth-order valence-corrected chi connectivity index (χ4v) is 2.67. The average Bonchev–Trinajstić information content (AvgIpc) is 3.06. The van der Waals surface area contributed by atoms with Gasteiger partial charge in [-0.3, -0.25) is 4.79 Å². The second-order valence-electron chi connectivity index (χ2n) is 5.60. The summed E-state index contributed by atoms with van der Waals surface area (Å²) in [6.45, 7) is 4.04. The number of amides is 1. The molecule has 0 unspecified atom stereocenters. The van der Waals surface area contributed by atoms with E-state index in [4.69, 9.17) is 4.42 Å². The highest BCUT2D eigenvalue weighted by Gasteiger charge is 2.22. The number of nitrogens with one attached hydrogen (secondary N) is 2. The van der Waals surface area contributed by atoms with Crippen LogP contribution in [0.2, 0.25) is 0 Å². The lowest BCUT2D eigenvalue weighted by molar-refractivity contribution is 0.102. The second kappa shape index (κ2) is 6.75. The Morgan fingerprint density at radius 2 is 2.05 bits per heavy atom. The molecule has 0 atom stereocenters. The second-order valence-corrected chi connectivity index (χ2v) is 5.60. The lowest BCUT2D eigenvalue weighted by Crippen LogP contribution is -2.26. The van der Waals surface area contributed by atoms with Crippen LogP contribution in [0.25, 0.3) is 0 Å². The highest BCUT2D eigenvalue weighted by molar-refractivity contribution is 6.02. The van der Waals surface area contributed by atoms with Gasteiger partial charge in [-0.15, -0.1) is 0 Å². The standard InChI is InChI=1S/C17H21N3O2/c1-2-12-3-5-14(6-4-12)19-16(21)15-11-22-17(20-15)13-7-9-18-10-8-13/h3-6,11,13,18H,2,7-10H2,1H3,(H,19,21). The van der Waals surface area contributed by atoms with Crippen molar-refractivity contribution in [2.24, 2.45) is 0 Å². The molecule has 0 radical (unpaired) electrons. The molecule has 1 amide bonds. The summed E-state index contributed by atoms with van der Waals surface area (Å²) in [5.74, 6) is 0.757. The number of carbonyl (C=O) groups is 1. The number of piperidine rings is 1. The molecule has 22 heavy (non-hydrogen) atoms. The van der Waals surface area contributed by atoms with Crippen LogP contribution in [-0.4, -0.2) is 24.0 Å². The predicted octanol–water partition coefficient (Wildman–Crippen LogP) is 2.96. The number of aryl methyl sites for hydroxylation is 1. The molecule has 0 spiro atoms. The number of oxazole rings is 1. The number of hydrogen-bond donors (Lipinski definition) is 2. The van der Waals surface area contributed by atoms with Crippen molar-refractivity contribution < 1.29 is 9.21 Å². The zero-order chi connectivity index (χ0) is 15.4. The molecule has 1 saturated heterocycles. The van der Waals surface area contributed by atoms with E-state index in [9.17, 15) is 4.79 Å². The Morgan fingerprint density at radius 3 is 2.73 bits per heavy atom. The molecule has 2 N–H and O–H groups in total. The van der Waals surface area contributed by atoms with Gasteiger partial charge in [-0.25, -0.2) is 4.98 Å². The Morgan fingerprint density at radius 1 is 1.32 bits per heavy atom. The molecule has 1 aromatic heterocycles. The van der Waals surface area contributed by atoms with Crippen LogP contribution < -0.4 is 10.6 Å². The molecule has 1 aromatic carbocycles. The van der Waals surface area contributed by atoms with Crippen molar-refractivity contribution >= 4 is 11.6 Å². The molecule has 1 aliphatic heterocycles. The molecule has 0 saturated carbocycles. The molecule has 116 valence electrons. The van der Waals surface area contributed by atoms with Crippen molar-refractivity contribution in [2.75, 3.05) is 18.4 Å². The molecule has 5 nitrogen and oxygen atoms in total. The molecule has 5 heteroatoms. The minimum atomic E-state index is -0.229. The Labute approximate surface area is 130 Å². The number of anilines is 1. The van der Waals surface area contributed by atoms with Crippen LogP contribution in [0.15, 0.2) is 34.9 Å². The molecule has 2 aromatic rings. The quantitative estimate of drug-likeness (QED) is 0.911. The summed E-state index contributed by atoms with van der Waals surface area (Å²) >= 11 is 0. The van der Waals surface area contributed by atoms with E-state index >= 15 is 0 Å². The lowest BCUT2D eigenvalue weighted by atomic mass is 9.98. The Balaban J connectivity index is 1.65. The van der Waals surface area contributed by atoms with Gasteiger partial charge in [0.25, 0.3) is 5.91 Å². The highest BCUT2D eigenvalue weighted by Crippen LogP contribution is 2.24. The normalized spacial score (nSPS) is 15.7. The third kappa shape index (κ3) is 3.36. The van der Waals surface area contributed by atoms with Gasteiger partial charge < -0.3 is 15.1 Å². The maximum absolute atomic E-state index is 12.2. The smallest absolute Gasteiger partial charge is 0.277 e. The molecule has 1 fully saturated rings. The van der Waals surface area contributed by atoms with E-state index < -0.39 is 0 Å². The molecular formula is C17H21N3O2. The number of rotatable bonds is 4. The summed E-state index contributed by atoms with van der Waals surface area (Å²) in [5, 5.41) is 6.16. The third-order valence-electron chi connectivity index (χ3n) is 4.06. The molecule has 3 rings (SSSR count). The fourth-order valence-electron chi connectivity index (χ4n) is 2.67. The molecule has 0 aliphatic carbocycles. The fraction of sp³-hybridized carbons (Fsp3) is 0.412. The van der Waals surface area contributed by atoms with Crippen molar-refractivity contribution in [1.82, 2.24) is 10.3 Å². The summed E-state index contributed by atoms with van der Waals surface area (Å²) in [4.78, 5) is 16.6. The first-order chi connectivity index (χ1) is 10.8. The van der Waals surface area contributed by atoms with E-state index in [2.05, 4.69) is 22.5 Å². The van der Waals surface area contributed by atoms with Gasteiger partial charge in [0.2, 0.25) is 0 Å². The van der Waals surface area contributed by atoms with Crippen LogP contribution in [0.4, 0.5) is 5.69 Å². The van der Waals surface area contributed by atoms with Crippen molar-refractivity contribution in [2.45, 2.75) is 32.1 Å². The zero-order valence-corrected chi connectivity index (χ0v) is 12.8. The van der Waals surface area contributed by atoms with E-state index in [0.29, 0.717) is 17.5 Å². The molecule has 1 aliphatic rings. The molecular weight excluding hydrogens is 278 g/mol. The summed E-state index contributed by atoms with van der Waals surface area (Å²) in [7, 11) is 0. The Kier molecular flexibility index (Phi) is 4.53. The Bertz CT molecular complexity index is 628. The van der Waals surface area contributed by atoms with E-state index in [1.54, 1.807) is 0 Å². The van der Waals surface area contributed by atoms with E-state index in [-0.39, 0.29) is 5.91 Å². The summed E-state index contributed by atoms with van der Waals surface area (Å²) in [6, 6.07) is 7.84. The van der Waals surface area contributed by atoms with Gasteiger partial charge in [0.15, 0.2) is 11.6 Å². The third-order valence-corrected chi connectivity index (χ3v) is 4.06. The van der Waals surface area contributed by atoms with Crippen molar-refractivity contribution in [3.05, 3.63) is 47.7 Å². The van der Waals surface area contributed by atoms with Crippen molar-refractivity contribution in [3.63, 3.8) is 0 Å². The minimum Gasteiger partial charge on any atom is -0.448 e. The van der Waals surface area contributed by atoms with Crippen molar-refractivity contribution in [3.8, 4) is 0 Å². The van der Waals surface area contributed by atoms with Crippen LogP contribution in [0.5, 0.6) is 0 Å². The van der Waals surface area contributed by atoms with Gasteiger partial charge in [0.05, 0.1) is 0 Å². The van der Waals surface area contributed by atoms with E-state index in [1.807, 2.05) is 24.3 Å². The van der Waals surface area contributed by atoms with Gasteiger partial charge >= 0.3 is 0 Å². The van der Waals surface area contributed by atoms with Gasteiger partial charge in [-0.2, -0.15) is 0 Å². The lowest BCUT2D eigenvalue weighted by Gasteiger charge is -2.19. The van der Waals surface area contributed by atoms with Crippen LogP contribution in [0.3, 0.4) is 0 Å². The molecule has 0 bridgehead atoms. The summed E-state index contributed by atoms with van der Waals surface area (Å²) in [5.41, 5.74) is 2.36. The Hall–Kier alpha value is -2.14. The zero-order valence-electron chi connectivity index (χ0n) is 12.8. The van der Waals surface area contributed by atoms with Crippen LogP contribution >= 0.6 is 0 Å². The number of aromatic nitrogens is 1. The predicted molar refractivity (Wildman–Crippen MR) is 85.1 cm³/mol. The topological polar surface area (TPSA) is 67.2 Å². The number of benzene rings is 1. The maximum atomic E-state index is 12.2. The van der Waals surface area contributed by atoms with Crippen LogP contribution in [-0.2, 0) is 6.42 Å². The first-order valence-electron chi connectivity index (χ1n) is 7.82. The average molecular weight is 299 g/mol. The summed E-state index contributed by atoms with van der Waals surface area (Å²) in [6.07, 6.45) is 4.43. The largest absolute Gasteiger partial charge is 0.448 e. The van der Waals surface area contributed by atoms with Gasteiger partial charge in [0, 0.05) is 11.6 Å². The maximum Gasteiger partial charge on any atom is 0.277 e. The van der Waals surface area contributed by atoms with Gasteiger partial charge in [-0.05, 0) is 50.0 Å². The van der Waals surface area contributed by atoms with E-state index in [0.717, 1.165) is 38.0 Å². The van der Waals surface area contributed by atoms with Gasteiger partial charge in [0.1, 0.15) is 6.26 Å². The number of nitrogens with zero attached hydrogens (tertiary/aromatic N) is 1. The molecule has 2 heterocycles. The SMILES string of the molecule is CCc1ccc(NC(=O)c2coc(C3CCNCC3)n2)cc1. The first-order valence-corrected chi connectivity index (χ1v) is 7.82. The number of carbonyl (C=O) groups excluding carboxylic acids is 1. The first kappa shape index (κ1) is 14.8. The van der Waals surface area contributed by atoms with Crippen molar-refractivity contribution in [1.29, 1.82) is 0 Å². The van der Waals surface area contributed by atoms with Crippen LogP contribution in [0, 0.1) is 0 Å². The summed E-state index contributed by atoms with van der Waals surface area (Å²) < 4.78 is 5.50. The number of hydrogen-bond acceptors (Lipinski definition) is 4. The highest BCUT2D eigenvalue weighted by atomic mass is 16.3. The van der Waals surface area contributed by atoms with Gasteiger partial charge in [-0.1, -0.05) is 19.1 Å². The van der Waals surface area contributed by atoms with E-state index in [1.165, 1.54) is 11.8 Å². The monoisotopic (exact) mass is 299 g/mol. The minimum absolute atomic E-state index is 0.229.